The van der Waals surface area contributed by atoms with Crippen LogP contribution in [0.1, 0.15) is 5.56 Å². The Morgan fingerprint density at radius 1 is 1.15 bits per heavy atom. The lowest BCUT2D eigenvalue weighted by atomic mass is 10.2. The number of halogens is 1. The summed E-state index contributed by atoms with van der Waals surface area (Å²) in [7, 11) is 1.93. The molecule has 104 valence electrons. The van der Waals surface area contributed by atoms with Crippen LogP contribution < -0.4 is 11.3 Å². The molecular weight excluding hydrogens is 272 g/mol. The van der Waals surface area contributed by atoms with Gasteiger partial charge in [0, 0.05) is 18.6 Å². The zero-order chi connectivity index (χ0) is 14.4. The van der Waals surface area contributed by atoms with E-state index < -0.39 is 0 Å². The van der Waals surface area contributed by atoms with E-state index in [4.69, 9.17) is 17.4 Å². The molecule has 20 heavy (non-hydrogen) atoms. The van der Waals surface area contributed by atoms with Gasteiger partial charge in [0.2, 0.25) is 5.96 Å². The number of rotatable bonds is 3. The normalized spacial score (nSPS) is 11.2. The Morgan fingerprint density at radius 2 is 1.80 bits per heavy atom. The zero-order valence-electron chi connectivity index (χ0n) is 11.3. The minimum Gasteiger partial charge on any atom is -0.340 e. The van der Waals surface area contributed by atoms with E-state index in [1.54, 1.807) is 0 Å². The maximum absolute atomic E-state index is 5.88. The lowest BCUT2D eigenvalue weighted by Gasteiger charge is -2.20. The molecule has 0 radical (unpaired) electrons. The molecule has 5 heteroatoms. The summed E-state index contributed by atoms with van der Waals surface area (Å²) in [5.41, 5.74) is 4.61. The molecular formula is C15H17ClN4. The Hall–Kier alpha value is -2.04. The van der Waals surface area contributed by atoms with E-state index in [0.717, 1.165) is 16.3 Å². The number of benzene rings is 2. The van der Waals surface area contributed by atoms with Crippen LogP contribution in [0.15, 0.2) is 59.6 Å². The first-order chi connectivity index (χ1) is 9.69. The van der Waals surface area contributed by atoms with Gasteiger partial charge < -0.3 is 4.90 Å². The van der Waals surface area contributed by atoms with Crippen molar-refractivity contribution in [2.45, 2.75) is 6.54 Å². The molecule has 0 aliphatic heterocycles. The molecule has 0 heterocycles. The van der Waals surface area contributed by atoms with Crippen LogP contribution >= 0.6 is 11.6 Å². The molecule has 2 aromatic rings. The number of hydrazine groups is 1. The summed E-state index contributed by atoms with van der Waals surface area (Å²) < 4.78 is 0. The molecule has 0 saturated heterocycles. The van der Waals surface area contributed by atoms with E-state index >= 15 is 0 Å². The summed E-state index contributed by atoms with van der Waals surface area (Å²) in [6.07, 6.45) is 0. The number of aliphatic imine (C=N–C) groups is 1. The summed E-state index contributed by atoms with van der Waals surface area (Å²) in [5, 5.41) is 0.728. The second-order valence-corrected chi connectivity index (χ2v) is 4.83. The number of guanidine groups is 1. The number of hydrogen-bond donors (Lipinski definition) is 2. The molecule has 0 amide bonds. The van der Waals surface area contributed by atoms with Crippen molar-refractivity contribution in [2.75, 3.05) is 7.05 Å². The van der Waals surface area contributed by atoms with Crippen molar-refractivity contribution in [3.05, 3.63) is 65.2 Å². The quantitative estimate of drug-likeness (QED) is 0.395. The van der Waals surface area contributed by atoms with Crippen LogP contribution in [-0.2, 0) is 6.54 Å². The third kappa shape index (κ3) is 3.98. The smallest absolute Gasteiger partial charge is 0.213 e. The number of nitrogens with one attached hydrogen (secondary N) is 1. The maximum atomic E-state index is 5.88. The molecule has 0 spiro atoms. The number of para-hydroxylation sites is 1. The van der Waals surface area contributed by atoms with Gasteiger partial charge in [-0.1, -0.05) is 41.9 Å². The molecule has 4 nitrogen and oxygen atoms in total. The van der Waals surface area contributed by atoms with Gasteiger partial charge in [0.05, 0.1) is 5.69 Å². The summed E-state index contributed by atoms with van der Waals surface area (Å²) >= 11 is 5.88. The van der Waals surface area contributed by atoms with Crippen LogP contribution in [-0.4, -0.2) is 17.9 Å². The number of nitrogens with two attached hydrogens (primary N) is 1. The van der Waals surface area contributed by atoms with Crippen molar-refractivity contribution in [3.8, 4) is 0 Å². The Balaban J connectivity index is 2.11. The number of hydrogen-bond acceptors (Lipinski definition) is 2. The van der Waals surface area contributed by atoms with Crippen LogP contribution in [0.25, 0.3) is 0 Å². The predicted molar refractivity (Wildman–Crippen MR) is 83.8 cm³/mol. The Morgan fingerprint density at radius 3 is 2.40 bits per heavy atom. The number of nitrogens with zero attached hydrogens (tertiary/aromatic N) is 2. The summed E-state index contributed by atoms with van der Waals surface area (Å²) in [5.74, 6) is 6.16. The summed E-state index contributed by atoms with van der Waals surface area (Å²) in [6.45, 7) is 0.688. The Kier molecular flexibility index (Phi) is 4.98. The zero-order valence-corrected chi connectivity index (χ0v) is 12.0. The summed E-state index contributed by atoms with van der Waals surface area (Å²) in [6, 6.07) is 17.4. The van der Waals surface area contributed by atoms with Crippen LogP contribution in [0.4, 0.5) is 5.69 Å². The first kappa shape index (κ1) is 14.4. The van der Waals surface area contributed by atoms with Crippen molar-refractivity contribution >= 4 is 23.2 Å². The molecule has 0 bridgehead atoms. The van der Waals surface area contributed by atoms with Crippen LogP contribution in [0.2, 0.25) is 5.02 Å². The van der Waals surface area contributed by atoms with Gasteiger partial charge in [-0.2, -0.15) is 0 Å². The third-order valence-electron chi connectivity index (χ3n) is 2.81. The maximum Gasteiger partial charge on any atom is 0.213 e. The van der Waals surface area contributed by atoms with Crippen molar-refractivity contribution in [1.82, 2.24) is 10.3 Å². The van der Waals surface area contributed by atoms with Crippen molar-refractivity contribution < 1.29 is 0 Å². The van der Waals surface area contributed by atoms with E-state index in [1.165, 1.54) is 0 Å². The van der Waals surface area contributed by atoms with E-state index in [2.05, 4.69) is 10.4 Å². The second-order valence-electron chi connectivity index (χ2n) is 4.40. The fraction of sp³-hybridized carbons (Fsp3) is 0.133. The first-order valence-corrected chi connectivity index (χ1v) is 6.63. The Labute approximate surface area is 123 Å². The van der Waals surface area contributed by atoms with Gasteiger partial charge >= 0.3 is 0 Å². The minimum atomic E-state index is 0.603. The van der Waals surface area contributed by atoms with Crippen molar-refractivity contribution in [1.29, 1.82) is 0 Å². The molecule has 3 N–H and O–H groups in total. The average Bonchev–Trinajstić information content (AvgIpc) is 2.48. The fourth-order valence-electron chi connectivity index (χ4n) is 1.79. The second kappa shape index (κ2) is 6.93. The first-order valence-electron chi connectivity index (χ1n) is 6.25. The molecule has 0 aromatic heterocycles. The van der Waals surface area contributed by atoms with Gasteiger partial charge in [-0.3, -0.25) is 5.43 Å². The van der Waals surface area contributed by atoms with Gasteiger partial charge in [-0.15, -0.1) is 0 Å². The summed E-state index contributed by atoms with van der Waals surface area (Å²) in [4.78, 5) is 6.41. The van der Waals surface area contributed by atoms with Crippen LogP contribution in [0.5, 0.6) is 0 Å². The highest BCUT2D eigenvalue weighted by Crippen LogP contribution is 2.13. The van der Waals surface area contributed by atoms with Gasteiger partial charge in [0.15, 0.2) is 0 Å². The molecule has 2 aromatic carbocycles. The SMILES string of the molecule is CN(Cc1ccc(Cl)cc1)C(=Nc1ccccc1)NN. The highest BCUT2D eigenvalue weighted by atomic mass is 35.5. The molecule has 0 aliphatic rings. The predicted octanol–water partition coefficient (Wildman–Crippen LogP) is 2.92. The van der Waals surface area contributed by atoms with E-state index in [-0.39, 0.29) is 0 Å². The molecule has 0 unspecified atom stereocenters. The molecule has 0 saturated carbocycles. The van der Waals surface area contributed by atoms with Gasteiger partial charge in [-0.25, -0.2) is 10.8 Å². The molecule has 2 rings (SSSR count). The largest absolute Gasteiger partial charge is 0.340 e. The highest BCUT2D eigenvalue weighted by Gasteiger charge is 2.06. The lowest BCUT2D eigenvalue weighted by Crippen LogP contribution is -2.42. The van der Waals surface area contributed by atoms with Crippen LogP contribution in [0.3, 0.4) is 0 Å². The van der Waals surface area contributed by atoms with E-state index in [9.17, 15) is 0 Å². The molecule has 0 fully saturated rings. The van der Waals surface area contributed by atoms with E-state index in [0.29, 0.717) is 12.5 Å². The standard InChI is InChI=1S/C15H17ClN4/c1-20(11-12-7-9-13(16)10-8-12)15(19-17)18-14-5-3-2-4-6-14/h2-10H,11,17H2,1H3,(H,18,19). The molecule has 0 atom stereocenters. The van der Waals surface area contributed by atoms with Crippen molar-refractivity contribution in [3.63, 3.8) is 0 Å². The van der Waals surface area contributed by atoms with Gasteiger partial charge in [-0.05, 0) is 29.8 Å². The lowest BCUT2D eigenvalue weighted by molar-refractivity contribution is 0.480. The van der Waals surface area contributed by atoms with Gasteiger partial charge in [0.1, 0.15) is 0 Å². The monoisotopic (exact) mass is 288 g/mol. The fourth-order valence-corrected chi connectivity index (χ4v) is 1.92. The van der Waals surface area contributed by atoms with Crippen LogP contribution in [0, 0.1) is 0 Å². The highest BCUT2D eigenvalue weighted by molar-refractivity contribution is 6.30. The minimum absolute atomic E-state index is 0.603. The van der Waals surface area contributed by atoms with Gasteiger partial charge in [0.25, 0.3) is 0 Å². The topological polar surface area (TPSA) is 53.6 Å². The van der Waals surface area contributed by atoms with Crippen molar-refractivity contribution in [2.24, 2.45) is 10.8 Å². The van der Waals surface area contributed by atoms with E-state index in [1.807, 2.05) is 66.5 Å². The Bertz CT molecular complexity index is 566. The molecule has 0 aliphatic carbocycles. The third-order valence-corrected chi connectivity index (χ3v) is 3.07. The average molecular weight is 289 g/mol.